The van der Waals surface area contributed by atoms with E-state index in [0.29, 0.717) is 19.4 Å². The maximum atomic E-state index is 13.2. The molecule has 0 radical (unpaired) electrons. The van der Waals surface area contributed by atoms with Gasteiger partial charge in [0.25, 0.3) is 0 Å². The normalized spacial score (nSPS) is 16.5. The first-order valence-corrected chi connectivity index (χ1v) is 10.1. The summed E-state index contributed by atoms with van der Waals surface area (Å²) in [5, 5.41) is 5.02. The fourth-order valence-electron chi connectivity index (χ4n) is 4.28. The van der Waals surface area contributed by atoms with Crippen molar-refractivity contribution in [3.63, 3.8) is 0 Å². The molecule has 1 unspecified atom stereocenters. The Morgan fingerprint density at radius 2 is 1.93 bits per heavy atom. The number of carbonyl (C=O) groups is 2. The van der Waals surface area contributed by atoms with E-state index in [2.05, 4.69) is 15.3 Å². The maximum absolute atomic E-state index is 13.2. The van der Waals surface area contributed by atoms with E-state index in [9.17, 15) is 9.59 Å². The van der Waals surface area contributed by atoms with Crippen molar-refractivity contribution in [3.8, 4) is 0 Å². The minimum Gasteiger partial charge on any atom is -0.361 e. The highest BCUT2D eigenvalue weighted by Gasteiger charge is 2.36. The quantitative estimate of drug-likeness (QED) is 0.542. The number of aromatic nitrogens is 2. The number of amides is 2. The Balaban J connectivity index is 1.42. The van der Waals surface area contributed by atoms with Gasteiger partial charge < -0.3 is 15.2 Å². The lowest BCUT2D eigenvalue weighted by Crippen LogP contribution is -2.41. The molecule has 30 heavy (non-hydrogen) atoms. The highest BCUT2D eigenvalue weighted by atomic mass is 16.2. The van der Waals surface area contributed by atoms with Gasteiger partial charge in [0.05, 0.1) is 11.2 Å². The number of rotatable bonds is 4. The molecule has 0 bridgehead atoms. The number of pyridine rings is 1. The van der Waals surface area contributed by atoms with Gasteiger partial charge in [0.15, 0.2) is 0 Å². The van der Waals surface area contributed by atoms with Gasteiger partial charge >= 0.3 is 0 Å². The number of fused-ring (bicyclic) bond motifs is 2. The number of hydrogen-bond donors (Lipinski definition) is 2. The average Bonchev–Trinajstić information content (AvgIpc) is 3.32. The van der Waals surface area contributed by atoms with E-state index in [1.165, 1.54) is 0 Å². The smallest absolute Gasteiger partial charge is 0.247 e. The fourth-order valence-corrected chi connectivity index (χ4v) is 4.28. The number of aromatic amines is 1. The summed E-state index contributed by atoms with van der Waals surface area (Å²) in [6, 6.07) is 17.1. The number of hydrogen-bond acceptors (Lipinski definition) is 3. The molecule has 2 amide bonds. The largest absolute Gasteiger partial charge is 0.361 e. The molecule has 3 heterocycles. The first kappa shape index (κ1) is 18.4. The van der Waals surface area contributed by atoms with Crippen LogP contribution in [0.3, 0.4) is 0 Å². The lowest BCUT2D eigenvalue weighted by Gasteiger charge is -2.24. The number of nitrogens with one attached hydrogen (secondary N) is 2. The molecule has 4 aromatic rings. The molecule has 1 fully saturated rings. The monoisotopic (exact) mass is 398 g/mol. The molecule has 6 nitrogen and oxygen atoms in total. The van der Waals surface area contributed by atoms with Crippen molar-refractivity contribution in [3.05, 3.63) is 72.1 Å². The summed E-state index contributed by atoms with van der Waals surface area (Å²) >= 11 is 0. The zero-order valence-electron chi connectivity index (χ0n) is 16.7. The topological polar surface area (TPSA) is 78.1 Å². The van der Waals surface area contributed by atoms with Crippen LogP contribution in [-0.2, 0) is 16.1 Å². The van der Waals surface area contributed by atoms with Crippen molar-refractivity contribution < 1.29 is 9.59 Å². The van der Waals surface area contributed by atoms with Crippen LogP contribution in [0.1, 0.15) is 24.1 Å². The summed E-state index contributed by atoms with van der Waals surface area (Å²) in [5.41, 5.74) is 4.45. The highest BCUT2D eigenvalue weighted by molar-refractivity contribution is 6.04. The molecule has 1 atom stereocenters. The number of para-hydroxylation sites is 2. The number of anilines is 1. The number of likely N-dealkylation sites (tertiary alicyclic amines) is 1. The Morgan fingerprint density at radius 1 is 1.17 bits per heavy atom. The molecular formula is C24H22N4O2. The molecule has 0 aliphatic carbocycles. The van der Waals surface area contributed by atoms with E-state index >= 15 is 0 Å². The van der Waals surface area contributed by atoms with E-state index in [0.717, 1.165) is 38.8 Å². The van der Waals surface area contributed by atoms with Crippen molar-refractivity contribution in [2.45, 2.75) is 32.4 Å². The van der Waals surface area contributed by atoms with Crippen molar-refractivity contribution in [2.75, 3.05) is 5.32 Å². The van der Waals surface area contributed by atoms with Gasteiger partial charge in [-0.25, -0.2) is 0 Å². The number of benzene rings is 2. The van der Waals surface area contributed by atoms with Gasteiger partial charge in [-0.3, -0.25) is 14.6 Å². The minimum absolute atomic E-state index is 0.0104. The van der Waals surface area contributed by atoms with E-state index in [1.54, 1.807) is 4.90 Å². The third-order valence-corrected chi connectivity index (χ3v) is 5.75. The summed E-state index contributed by atoms with van der Waals surface area (Å²) in [6.07, 6.45) is 2.83. The highest BCUT2D eigenvalue weighted by Crippen LogP contribution is 2.28. The molecule has 150 valence electrons. The van der Waals surface area contributed by atoms with Crippen LogP contribution in [0, 0.1) is 6.92 Å². The van der Waals surface area contributed by atoms with Crippen LogP contribution in [0.5, 0.6) is 0 Å². The second-order valence-corrected chi connectivity index (χ2v) is 7.75. The number of nitrogens with zero attached hydrogens (tertiary/aromatic N) is 2. The summed E-state index contributed by atoms with van der Waals surface area (Å²) in [6.45, 7) is 2.32. The fraction of sp³-hybridized carbons (Fsp3) is 0.208. The zero-order valence-corrected chi connectivity index (χ0v) is 16.7. The van der Waals surface area contributed by atoms with Crippen LogP contribution in [0.15, 0.2) is 60.8 Å². The van der Waals surface area contributed by atoms with Crippen LogP contribution in [0.4, 0.5) is 5.69 Å². The molecule has 5 rings (SSSR count). The average molecular weight is 398 g/mol. The molecule has 2 aromatic heterocycles. The van der Waals surface area contributed by atoms with Crippen molar-refractivity contribution in [1.82, 2.24) is 14.9 Å². The van der Waals surface area contributed by atoms with Crippen LogP contribution < -0.4 is 5.32 Å². The maximum Gasteiger partial charge on any atom is 0.247 e. The third-order valence-electron chi connectivity index (χ3n) is 5.75. The Labute approximate surface area is 173 Å². The predicted octanol–water partition coefficient (Wildman–Crippen LogP) is 4.15. The van der Waals surface area contributed by atoms with E-state index in [-0.39, 0.29) is 11.8 Å². The first-order valence-electron chi connectivity index (χ1n) is 10.1. The summed E-state index contributed by atoms with van der Waals surface area (Å²) in [7, 11) is 0. The molecule has 1 aliphatic rings. The number of H-pyrrole nitrogens is 1. The molecule has 0 spiro atoms. The predicted molar refractivity (Wildman–Crippen MR) is 117 cm³/mol. The zero-order chi connectivity index (χ0) is 20.7. The lowest BCUT2D eigenvalue weighted by atomic mass is 10.1. The first-order chi connectivity index (χ1) is 14.6. The van der Waals surface area contributed by atoms with Gasteiger partial charge in [-0.1, -0.05) is 36.4 Å². The van der Waals surface area contributed by atoms with E-state index < -0.39 is 6.04 Å². The van der Waals surface area contributed by atoms with Gasteiger partial charge in [0.1, 0.15) is 6.04 Å². The molecule has 2 N–H and O–H groups in total. The SMILES string of the molecule is Cc1cc(NC(=O)C2CCC(=O)N2Cc2c[nH]c3ccccc23)c2ccccc2n1. The Bertz CT molecular complexity index is 1280. The molecule has 0 saturated carbocycles. The lowest BCUT2D eigenvalue weighted by molar-refractivity contribution is -0.133. The second kappa shape index (κ2) is 7.30. The van der Waals surface area contributed by atoms with Gasteiger partial charge in [0.2, 0.25) is 11.8 Å². The Morgan fingerprint density at radius 3 is 2.80 bits per heavy atom. The van der Waals surface area contributed by atoms with E-state index in [4.69, 9.17) is 0 Å². The number of aryl methyl sites for hydroxylation is 1. The minimum atomic E-state index is -0.488. The van der Waals surface area contributed by atoms with Gasteiger partial charge in [-0.2, -0.15) is 0 Å². The van der Waals surface area contributed by atoms with Crippen molar-refractivity contribution in [2.24, 2.45) is 0 Å². The second-order valence-electron chi connectivity index (χ2n) is 7.75. The molecule has 2 aromatic carbocycles. The Hall–Kier alpha value is -3.67. The molecule has 6 heteroatoms. The van der Waals surface area contributed by atoms with Crippen LogP contribution in [-0.4, -0.2) is 32.7 Å². The van der Waals surface area contributed by atoms with Gasteiger partial charge in [0, 0.05) is 41.1 Å². The number of carbonyl (C=O) groups excluding carboxylic acids is 2. The summed E-state index contributed by atoms with van der Waals surface area (Å²) in [5.74, 6) is -0.146. The summed E-state index contributed by atoms with van der Waals surface area (Å²) in [4.78, 5) is 35.2. The van der Waals surface area contributed by atoms with E-state index in [1.807, 2.05) is 67.7 Å². The van der Waals surface area contributed by atoms with Crippen LogP contribution in [0.25, 0.3) is 21.8 Å². The van der Waals surface area contributed by atoms with Crippen molar-refractivity contribution in [1.29, 1.82) is 0 Å². The molecule has 1 aliphatic heterocycles. The standard InChI is InChI=1S/C24H22N4O2/c1-15-12-21(18-7-3-5-9-20(18)26-15)27-24(30)22-10-11-23(29)28(22)14-16-13-25-19-8-4-2-6-17(16)19/h2-9,12-13,22,25H,10-11,14H2,1H3,(H,26,27,30). The van der Waals surface area contributed by atoms with Crippen LogP contribution >= 0.6 is 0 Å². The molecule has 1 saturated heterocycles. The van der Waals surface area contributed by atoms with Gasteiger partial charge in [-0.05, 0) is 37.1 Å². The Kier molecular flexibility index (Phi) is 4.47. The summed E-state index contributed by atoms with van der Waals surface area (Å²) < 4.78 is 0. The molecular weight excluding hydrogens is 376 g/mol. The third kappa shape index (κ3) is 3.20. The van der Waals surface area contributed by atoms with Crippen LogP contribution in [0.2, 0.25) is 0 Å². The van der Waals surface area contributed by atoms with Gasteiger partial charge in [-0.15, -0.1) is 0 Å². The van der Waals surface area contributed by atoms with Crippen molar-refractivity contribution >= 4 is 39.3 Å².